The summed E-state index contributed by atoms with van der Waals surface area (Å²) < 4.78 is 5.39. The smallest absolute Gasteiger partial charge is 0.317 e. The molecule has 2 amide bonds. The van der Waals surface area contributed by atoms with Gasteiger partial charge in [-0.05, 0) is 31.4 Å². The number of hydrogen-bond donors (Lipinski definition) is 1. The van der Waals surface area contributed by atoms with Gasteiger partial charge < -0.3 is 14.7 Å². The third-order valence-electron chi connectivity index (χ3n) is 4.99. The number of hydrogen-bond acceptors (Lipinski definition) is 4. The molecule has 2 heterocycles. The Morgan fingerprint density at radius 1 is 1.17 bits per heavy atom. The molecule has 0 spiro atoms. The zero-order valence-electron chi connectivity index (χ0n) is 13.6. The SMILES string of the molecule is O=C(NC1CCCC1)N1CCC(c2noc(-c3ccccc3)n2)C1. The van der Waals surface area contributed by atoms with Gasteiger partial charge in [-0.1, -0.05) is 36.2 Å². The van der Waals surface area contributed by atoms with Crippen LogP contribution >= 0.6 is 0 Å². The quantitative estimate of drug-likeness (QED) is 0.940. The second-order valence-corrected chi connectivity index (χ2v) is 6.69. The largest absolute Gasteiger partial charge is 0.335 e. The molecule has 1 aliphatic carbocycles. The number of urea groups is 1. The van der Waals surface area contributed by atoms with E-state index in [1.54, 1.807) is 0 Å². The lowest BCUT2D eigenvalue weighted by molar-refractivity contribution is 0.204. The van der Waals surface area contributed by atoms with E-state index in [1.165, 1.54) is 12.8 Å². The van der Waals surface area contributed by atoms with Crippen LogP contribution in [0.2, 0.25) is 0 Å². The lowest BCUT2D eigenvalue weighted by Crippen LogP contribution is -2.42. The Morgan fingerprint density at radius 3 is 2.75 bits per heavy atom. The molecule has 2 aromatic rings. The predicted molar refractivity (Wildman–Crippen MR) is 89.5 cm³/mol. The molecule has 126 valence electrons. The fourth-order valence-electron chi connectivity index (χ4n) is 3.59. The van der Waals surface area contributed by atoms with Crippen LogP contribution in [0.4, 0.5) is 4.79 Å². The lowest BCUT2D eigenvalue weighted by Gasteiger charge is -2.20. The molecule has 1 aromatic heterocycles. The van der Waals surface area contributed by atoms with Gasteiger partial charge in [-0.25, -0.2) is 4.79 Å². The van der Waals surface area contributed by atoms with Crippen LogP contribution in [0.25, 0.3) is 11.5 Å². The summed E-state index contributed by atoms with van der Waals surface area (Å²) in [7, 11) is 0. The maximum absolute atomic E-state index is 12.4. The number of carbonyl (C=O) groups is 1. The lowest BCUT2D eigenvalue weighted by atomic mass is 10.1. The first-order valence-electron chi connectivity index (χ1n) is 8.74. The van der Waals surface area contributed by atoms with Crippen molar-refractivity contribution in [2.24, 2.45) is 0 Å². The maximum Gasteiger partial charge on any atom is 0.317 e. The summed E-state index contributed by atoms with van der Waals surface area (Å²) >= 11 is 0. The molecule has 1 aromatic carbocycles. The minimum atomic E-state index is 0.0520. The van der Waals surface area contributed by atoms with Crippen molar-refractivity contribution in [2.45, 2.75) is 44.1 Å². The van der Waals surface area contributed by atoms with Crippen LogP contribution in [0, 0.1) is 0 Å². The third kappa shape index (κ3) is 3.13. The van der Waals surface area contributed by atoms with Gasteiger partial charge in [0.2, 0.25) is 0 Å². The highest BCUT2D eigenvalue weighted by molar-refractivity contribution is 5.75. The van der Waals surface area contributed by atoms with E-state index in [2.05, 4.69) is 15.5 Å². The van der Waals surface area contributed by atoms with Crippen molar-refractivity contribution in [2.75, 3.05) is 13.1 Å². The molecule has 1 saturated heterocycles. The van der Waals surface area contributed by atoms with Crippen LogP contribution in [0.3, 0.4) is 0 Å². The topological polar surface area (TPSA) is 71.3 Å². The van der Waals surface area contributed by atoms with Crippen LogP contribution in [0.15, 0.2) is 34.9 Å². The fraction of sp³-hybridized carbons (Fsp3) is 0.500. The Labute approximate surface area is 141 Å². The summed E-state index contributed by atoms with van der Waals surface area (Å²) in [5, 5.41) is 7.27. The highest BCUT2D eigenvalue weighted by atomic mass is 16.5. The molecule has 0 radical (unpaired) electrons. The standard InChI is InChI=1S/C18H22N4O2/c23-18(19-15-8-4-5-9-15)22-11-10-14(12-22)16-20-17(24-21-16)13-6-2-1-3-7-13/h1-3,6-7,14-15H,4-5,8-12H2,(H,19,23). The van der Waals surface area contributed by atoms with E-state index in [0.29, 0.717) is 24.3 Å². The van der Waals surface area contributed by atoms with Crippen LogP contribution in [-0.2, 0) is 0 Å². The molecule has 6 heteroatoms. The first-order valence-corrected chi connectivity index (χ1v) is 8.74. The number of nitrogens with zero attached hydrogens (tertiary/aromatic N) is 3. The summed E-state index contributed by atoms with van der Waals surface area (Å²) in [6, 6.07) is 10.2. The molecule has 2 aliphatic rings. The summed E-state index contributed by atoms with van der Waals surface area (Å²) in [5.41, 5.74) is 0.921. The average Bonchev–Trinajstić information content (AvgIpc) is 3.36. The number of rotatable bonds is 3. The van der Waals surface area contributed by atoms with Crippen molar-refractivity contribution < 1.29 is 9.32 Å². The number of likely N-dealkylation sites (tertiary alicyclic amines) is 1. The molecule has 24 heavy (non-hydrogen) atoms. The molecule has 1 unspecified atom stereocenters. The summed E-state index contributed by atoms with van der Waals surface area (Å²) in [6.07, 6.45) is 5.53. The number of amides is 2. The molecule has 1 saturated carbocycles. The van der Waals surface area contributed by atoms with Gasteiger partial charge >= 0.3 is 6.03 Å². The highest BCUT2D eigenvalue weighted by Crippen LogP contribution is 2.27. The van der Waals surface area contributed by atoms with Crippen molar-refractivity contribution in [1.29, 1.82) is 0 Å². The van der Waals surface area contributed by atoms with Crippen molar-refractivity contribution in [3.8, 4) is 11.5 Å². The molecule has 2 fully saturated rings. The second-order valence-electron chi connectivity index (χ2n) is 6.69. The van der Waals surface area contributed by atoms with Gasteiger partial charge in [-0.2, -0.15) is 4.98 Å². The third-order valence-corrected chi connectivity index (χ3v) is 4.99. The van der Waals surface area contributed by atoms with Gasteiger partial charge in [0.15, 0.2) is 5.82 Å². The first-order chi connectivity index (χ1) is 11.8. The van der Waals surface area contributed by atoms with Crippen LogP contribution in [0.5, 0.6) is 0 Å². The van der Waals surface area contributed by atoms with Crippen molar-refractivity contribution in [3.05, 3.63) is 36.2 Å². The van der Waals surface area contributed by atoms with Gasteiger partial charge in [-0.15, -0.1) is 0 Å². The average molecular weight is 326 g/mol. The highest BCUT2D eigenvalue weighted by Gasteiger charge is 2.31. The molecule has 1 N–H and O–H groups in total. The van der Waals surface area contributed by atoms with Gasteiger partial charge in [0.05, 0.1) is 0 Å². The molecule has 1 atom stereocenters. The van der Waals surface area contributed by atoms with E-state index in [-0.39, 0.29) is 11.9 Å². The van der Waals surface area contributed by atoms with Gasteiger partial charge in [0.1, 0.15) is 0 Å². The monoisotopic (exact) mass is 326 g/mol. The Kier molecular flexibility index (Phi) is 4.19. The summed E-state index contributed by atoms with van der Waals surface area (Å²) in [6.45, 7) is 1.41. The van der Waals surface area contributed by atoms with E-state index in [9.17, 15) is 4.79 Å². The van der Waals surface area contributed by atoms with Crippen molar-refractivity contribution >= 4 is 6.03 Å². The number of benzene rings is 1. The van der Waals surface area contributed by atoms with E-state index in [4.69, 9.17) is 4.52 Å². The molecular weight excluding hydrogens is 304 g/mol. The Morgan fingerprint density at radius 2 is 1.96 bits per heavy atom. The van der Waals surface area contributed by atoms with E-state index < -0.39 is 0 Å². The molecule has 4 rings (SSSR count). The minimum Gasteiger partial charge on any atom is -0.335 e. The number of aromatic nitrogens is 2. The Hall–Kier alpha value is -2.37. The van der Waals surface area contributed by atoms with E-state index in [1.807, 2.05) is 35.2 Å². The van der Waals surface area contributed by atoms with Gasteiger partial charge in [0, 0.05) is 30.6 Å². The normalized spacial score (nSPS) is 21.3. The molecule has 0 bridgehead atoms. The Balaban J connectivity index is 1.38. The van der Waals surface area contributed by atoms with Crippen LogP contribution < -0.4 is 5.32 Å². The zero-order valence-corrected chi connectivity index (χ0v) is 13.6. The van der Waals surface area contributed by atoms with E-state index >= 15 is 0 Å². The Bertz CT molecular complexity index is 694. The zero-order chi connectivity index (χ0) is 16.4. The predicted octanol–water partition coefficient (Wildman–Crippen LogP) is 3.18. The minimum absolute atomic E-state index is 0.0520. The van der Waals surface area contributed by atoms with Crippen LogP contribution in [0.1, 0.15) is 43.8 Å². The van der Waals surface area contributed by atoms with Crippen LogP contribution in [-0.4, -0.2) is 40.2 Å². The molecule has 6 nitrogen and oxygen atoms in total. The van der Waals surface area contributed by atoms with Crippen molar-refractivity contribution in [3.63, 3.8) is 0 Å². The van der Waals surface area contributed by atoms with Crippen molar-refractivity contribution in [1.82, 2.24) is 20.4 Å². The maximum atomic E-state index is 12.4. The summed E-state index contributed by atoms with van der Waals surface area (Å²) in [5.74, 6) is 1.39. The molecular formula is C18H22N4O2. The molecule has 1 aliphatic heterocycles. The van der Waals surface area contributed by atoms with E-state index in [0.717, 1.165) is 31.4 Å². The summed E-state index contributed by atoms with van der Waals surface area (Å²) in [4.78, 5) is 18.8. The fourth-order valence-corrected chi connectivity index (χ4v) is 3.59. The first kappa shape index (κ1) is 15.2. The number of nitrogens with one attached hydrogen (secondary N) is 1. The van der Waals surface area contributed by atoms with Gasteiger partial charge in [-0.3, -0.25) is 0 Å². The second kappa shape index (κ2) is 6.63. The number of carbonyl (C=O) groups excluding carboxylic acids is 1. The van der Waals surface area contributed by atoms with Gasteiger partial charge in [0.25, 0.3) is 5.89 Å².